The molecule has 5 aliphatic rings. The summed E-state index contributed by atoms with van der Waals surface area (Å²) in [7, 11) is 0. The van der Waals surface area contributed by atoms with Crippen molar-refractivity contribution in [1.82, 2.24) is 5.32 Å². The molecule has 0 aromatic rings. The highest BCUT2D eigenvalue weighted by Crippen LogP contribution is 2.76. The van der Waals surface area contributed by atoms with Crippen molar-refractivity contribution >= 4 is 11.9 Å². The number of nitrogens with one attached hydrogen (secondary N) is 1. The number of hydrogen-bond acceptors (Lipinski definition) is 5. The molecule has 0 radical (unpaired) electrons. The van der Waals surface area contributed by atoms with Gasteiger partial charge in [0.25, 0.3) is 0 Å². The van der Waals surface area contributed by atoms with Crippen molar-refractivity contribution in [2.75, 3.05) is 13.2 Å². The minimum atomic E-state index is -0.873. The van der Waals surface area contributed by atoms with E-state index in [0.29, 0.717) is 23.2 Å². The van der Waals surface area contributed by atoms with Gasteiger partial charge in [-0.3, -0.25) is 9.59 Å². The third-order valence-corrected chi connectivity index (χ3v) is 16.1. The van der Waals surface area contributed by atoms with E-state index in [2.05, 4.69) is 67.3 Å². The van der Waals surface area contributed by atoms with Gasteiger partial charge in [0, 0.05) is 11.0 Å². The Balaban J connectivity index is 1.33. The Labute approximate surface area is 293 Å². The molecular formula is C42H71NO5. The zero-order valence-corrected chi connectivity index (χ0v) is 32.3. The maximum atomic E-state index is 13.2. The summed E-state index contributed by atoms with van der Waals surface area (Å²) in [5.41, 5.74) is 1.23. The number of rotatable bonds is 11. The van der Waals surface area contributed by atoms with E-state index >= 15 is 0 Å². The highest BCUT2D eigenvalue weighted by Gasteiger charge is 2.69. The van der Waals surface area contributed by atoms with Crippen molar-refractivity contribution in [3.8, 4) is 0 Å². The number of aliphatic hydroxyl groups is 1. The molecule has 5 rings (SSSR count). The molecule has 0 aliphatic heterocycles. The Bertz CT molecular complexity index is 1240. The third-order valence-electron chi connectivity index (χ3n) is 16.1. The van der Waals surface area contributed by atoms with Crippen molar-refractivity contribution in [2.24, 2.45) is 68.5 Å². The molecule has 0 amide bonds. The molecule has 0 aromatic carbocycles. The van der Waals surface area contributed by atoms with Crippen molar-refractivity contribution in [3.63, 3.8) is 0 Å². The highest BCUT2D eigenvalue weighted by molar-refractivity contribution is 5.73. The van der Waals surface area contributed by atoms with Crippen LogP contribution in [0.4, 0.5) is 0 Å². The number of carboxylic acid groups (broad SMARTS) is 1. The lowest BCUT2D eigenvalue weighted by molar-refractivity contribution is -0.245. The number of ether oxygens (including phenoxy) is 1. The number of fused-ring (bicyclic) bond motifs is 7. The molecule has 11 atom stereocenters. The summed E-state index contributed by atoms with van der Waals surface area (Å²) in [4.78, 5) is 24.5. The molecule has 0 heterocycles. The molecule has 6 nitrogen and oxygen atoms in total. The van der Waals surface area contributed by atoms with E-state index in [1.807, 2.05) is 13.8 Å². The zero-order chi connectivity index (χ0) is 35.7. The largest absolute Gasteiger partial charge is 0.481 e. The van der Waals surface area contributed by atoms with Gasteiger partial charge >= 0.3 is 11.9 Å². The lowest BCUT2D eigenvalue weighted by Crippen LogP contribution is -2.66. The summed E-state index contributed by atoms with van der Waals surface area (Å²) < 4.78 is 6.27. The fourth-order valence-corrected chi connectivity index (χ4v) is 13.6. The Morgan fingerprint density at radius 2 is 1.56 bits per heavy atom. The van der Waals surface area contributed by atoms with Crippen LogP contribution in [0.1, 0.15) is 146 Å². The summed E-state index contributed by atoms with van der Waals surface area (Å²) in [6.45, 7) is 28.6. The van der Waals surface area contributed by atoms with Gasteiger partial charge in [-0.1, -0.05) is 60.6 Å². The zero-order valence-electron chi connectivity index (χ0n) is 32.3. The first kappa shape index (κ1) is 37.8. The number of carbonyl (C=O) groups excluding carboxylic acids is 1. The summed E-state index contributed by atoms with van der Waals surface area (Å²) >= 11 is 0. The van der Waals surface area contributed by atoms with E-state index in [4.69, 9.17) is 4.74 Å². The van der Waals surface area contributed by atoms with Gasteiger partial charge in [0.2, 0.25) is 0 Å². The number of carboxylic acids is 1. The molecular weight excluding hydrogens is 598 g/mol. The molecule has 5 fully saturated rings. The van der Waals surface area contributed by atoms with Crippen LogP contribution in [-0.4, -0.2) is 46.9 Å². The van der Waals surface area contributed by atoms with Crippen LogP contribution in [0.5, 0.6) is 0 Å². The predicted molar refractivity (Wildman–Crippen MR) is 193 cm³/mol. The first-order valence-corrected chi connectivity index (χ1v) is 19.5. The van der Waals surface area contributed by atoms with Crippen molar-refractivity contribution in [2.45, 2.75) is 158 Å². The fraction of sp³-hybridized carbons (Fsp3) is 0.905. The lowest BCUT2D eigenvalue weighted by Gasteiger charge is -2.72. The summed E-state index contributed by atoms with van der Waals surface area (Å²) in [5.74, 6) is 3.64. The second-order valence-corrected chi connectivity index (χ2v) is 20.4. The van der Waals surface area contributed by atoms with Gasteiger partial charge < -0.3 is 20.3 Å². The fourth-order valence-electron chi connectivity index (χ4n) is 13.6. The molecule has 0 spiro atoms. The van der Waals surface area contributed by atoms with Gasteiger partial charge in [0.15, 0.2) is 0 Å². The first-order chi connectivity index (χ1) is 22.1. The Hall–Kier alpha value is -1.40. The van der Waals surface area contributed by atoms with Crippen LogP contribution in [-0.2, 0) is 14.3 Å². The Morgan fingerprint density at radius 1 is 0.896 bits per heavy atom. The minimum absolute atomic E-state index is 0.0353. The Kier molecular flexibility index (Phi) is 10.2. The van der Waals surface area contributed by atoms with Crippen LogP contribution in [0.2, 0.25) is 0 Å². The predicted octanol–water partition coefficient (Wildman–Crippen LogP) is 9.05. The molecule has 0 saturated heterocycles. The Morgan fingerprint density at radius 3 is 2.19 bits per heavy atom. The molecule has 6 heteroatoms. The van der Waals surface area contributed by atoms with Crippen LogP contribution in [0.25, 0.3) is 0 Å². The van der Waals surface area contributed by atoms with E-state index in [-0.39, 0.29) is 53.3 Å². The first-order valence-electron chi connectivity index (χ1n) is 19.5. The molecule has 48 heavy (non-hydrogen) atoms. The number of hydrogen-bond donors (Lipinski definition) is 3. The molecule has 274 valence electrons. The number of esters is 1. The molecule has 5 aliphatic carbocycles. The third kappa shape index (κ3) is 6.46. The van der Waals surface area contributed by atoms with Crippen molar-refractivity contribution < 1.29 is 24.5 Å². The molecule has 0 aromatic heterocycles. The van der Waals surface area contributed by atoms with Crippen LogP contribution >= 0.6 is 0 Å². The van der Waals surface area contributed by atoms with Gasteiger partial charge in [0.1, 0.15) is 6.10 Å². The van der Waals surface area contributed by atoms with E-state index in [9.17, 15) is 19.8 Å². The highest BCUT2D eigenvalue weighted by atomic mass is 16.5. The van der Waals surface area contributed by atoms with Gasteiger partial charge in [-0.15, -0.1) is 0 Å². The second kappa shape index (κ2) is 13.0. The number of carbonyl (C=O) groups is 2. The smallest absolute Gasteiger partial charge is 0.306 e. The SMILES string of the molecule is C=C(C)[C@@H]1C[C@@H](CCNC(C)(C)CO)C2CC[C@]3(C)[C@H](CC[C@@H]4[C@@]5(C)CC[C@H](OC(=O)CC(C)(C)CC(=O)O)C(C)(C)[C@@H]5CC[C@]43C)[C@H]21. The average molecular weight is 670 g/mol. The summed E-state index contributed by atoms with van der Waals surface area (Å²) in [5, 5.41) is 22.7. The van der Waals surface area contributed by atoms with Crippen LogP contribution < -0.4 is 5.32 Å². The second-order valence-electron chi connectivity index (χ2n) is 20.4. The molecule has 1 unspecified atom stereocenters. The van der Waals surface area contributed by atoms with Crippen LogP contribution in [0.15, 0.2) is 12.2 Å². The normalized spacial score (nSPS) is 42.1. The standard InChI is InChI=1S/C42H71NO5/c1-26(2)29-22-27(17-21-43-38(5,6)25-44)28-14-19-41(10)30(36(28)29)12-13-32-40(9)18-16-33(39(7,8)31(40)15-20-42(32,41)11)48-35(47)24-37(3,4)23-34(45)46/h27-33,36,43-44H,1,12-25H2,2-11H3,(H,45,46)/t27-,28?,29+,30-,31+,32-,33+,36-,40+,41-,42-/m1/s1. The maximum Gasteiger partial charge on any atom is 0.306 e. The van der Waals surface area contributed by atoms with E-state index in [0.717, 1.165) is 43.1 Å². The van der Waals surface area contributed by atoms with E-state index < -0.39 is 11.4 Å². The van der Waals surface area contributed by atoms with Gasteiger partial charge in [-0.2, -0.15) is 0 Å². The molecule has 5 saturated carbocycles. The lowest BCUT2D eigenvalue weighted by atomic mass is 9.33. The topological polar surface area (TPSA) is 95.9 Å². The number of aliphatic hydroxyl groups excluding tert-OH is 1. The van der Waals surface area contributed by atoms with Crippen molar-refractivity contribution in [3.05, 3.63) is 12.2 Å². The van der Waals surface area contributed by atoms with E-state index in [1.54, 1.807) is 0 Å². The molecule has 0 bridgehead atoms. The summed E-state index contributed by atoms with van der Waals surface area (Å²) in [6.07, 6.45) is 12.2. The summed E-state index contributed by atoms with van der Waals surface area (Å²) in [6, 6.07) is 0. The molecule has 3 N–H and O–H groups in total. The van der Waals surface area contributed by atoms with E-state index in [1.165, 1.54) is 56.9 Å². The van der Waals surface area contributed by atoms with Crippen LogP contribution in [0, 0.1) is 68.5 Å². The average Bonchev–Trinajstić information content (AvgIpc) is 3.32. The van der Waals surface area contributed by atoms with Gasteiger partial charge in [0.05, 0.1) is 19.4 Å². The monoisotopic (exact) mass is 670 g/mol. The van der Waals surface area contributed by atoms with Gasteiger partial charge in [-0.25, -0.2) is 0 Å². The quantitative estimate of drug-likeness (QED) is 0.150. The minimum Gasteiger partial charge on any atom is -0.481 e. The van der Waals surface area contributed by atoms with Crippen LogP contribution in [0.3, 0.4) is 0 Å². The number of aliphatic carboxylic acids is 1. The van der Waals surface area contributed by atoms with Gasteiger partial charge in [-0.05, 0) is 155 Å². The maximum absolute atomic E-state index is 13.2. The van der Waals surface area contributed by atoms with Crippen molar-refractivity contribution in [1.29, 1.82) is 0 Å². The number of allylic oxidation sites excluding steroid dienone is 1.